The summed E-state index contributed by atoms with van der Waals surface area (Å²) in [4.78, 5) is 0. The highest BCUT2D eigenvalue weighted by molar-refractivity contribution is 7.82. The molecule has 0 fully saturated rings. The molecular formula is C16H8O4S. The van der Waals surface area contributed by atoms with E-state index in [2.05, 4.69) is 0 Å². The highest BCUT2D eigenvalue weighted by atomic mass is 32.3. The molecule has 4 aromatic carbocycles. The molecule has 0 aromatic heterocycles. The SMILES string of the molecule is O=S1(=O)Oc2cc3ccc4cccc5ccc(c2O1)c3c45. The molecule has 4 nitrogen and oxygen atoms in total. The Morgan fingerprint density at radius 1 is 0.762 bits per heavy atom. The molecule has 5 rings (SSSR count). The largest absolute Gasteiger partial charge is 0.501 e. The van der Waals surface area contributed by atoms with Crippen molar-refractivity contribution in [1.29, 1.82) is 0 Å². The first-order valence-electron chi connectivity index (χ1n) is 6.47. The molecule has 0 saturated heterocycles. The van der Waals surface area contributed by atoms with E-state index in [-0.39, 0.29) is 11.5 Å². The molecule has 0 amide bonds. The van der Waals surface area contributed by atoms with Crippen LogP contribution in [0, 0.1) is 0 Å². The van der Waals surface area contributed by atoms with Crippen LogP contribution in [0.3, 0.4) is 0 Å². The fourth-order valence-electron chi connectivity index (χ4n) is 3.13. The standard InChI is InChI=1S/C16H8O4S/c17-21(18)19-13-8-11-5-4-9-2-1-3-10-6-7-12(16(13)20-21)15(11)14(9)10/h1-8H. The van der Waals surface area contributed by atoms with Crippen LogP contribution in [0.1, 0.15) is 0 Å². The Labute approximate surface area is 120 Å². The molecule has 0 unspecified atom stereocenters. The predicted molar refractivity (Wildman–Crippen MR) is 80.3 cm³/mol. The summed E-state index contributed by atoms with van der Waals surface area (Å²) in [6.45, 7) is 0. The number of fused-ring (bicyclic) bond motifs is 2. The second-order valence-electron chi connectivity index (χ2n) is 5.13. The Morgan fingerprint density at radius 2 is 1.48 bits per heavy atom. The topological polar surface area (TPSA) is 52.6 Å². The van der Waals surface area contributed by atoms with Crippen molar-refractivity contribution in [3.8, 4) is 11.5 Å². The fourth-order valence-corrected chi connectivity index (χ4v) is 3.89. The van der Waals surface area contributed by atoms with Crippen LogP contribution in [0.4, 0.5) is 0 Å². The Hall–Kier alpha value is -2.53. The number of benzene rings is 4. The van der Waals surface area contributed by atoms with Gasteiger partial charge in [-0.1, -0.05) is 36.4 Å². The molecule has 0 saturated carbocycles. The van der Waals surface area contributed by atoms with Gasteiger partial charge >= 0.3 is 10.4 Å². The molecule has 5 heteroatoms. The van der Waals surface area contributed by atoms with Crippen LogP contribution in [0.2, 0.25) is 0 Å². The van der Waals surface area contributed by atoms with Gasteiger partial charge in [-0.25, -0.2) is 0 Å². The lowest BCUT2D eigenvalue weighted by molar-refractivity contribution is 0.437. The van der Waals surface area contributed by atoms with Crippen molar-refractivity contribution >= 4 is 42.7 Å². The van der Waals surface area contributed by atoms with E-state index < -0.39 is 10.4 Å². The molecule has 0 spiro atoms. The minimum absolute atomic E-state index is 0.251. The summed E-state index contributed by atoms with van der Waals surface area (Å²) in [6, 6.07) is 15.7. The Kier molecular flexibility index (Phi) is 1.79. The van der Waals surface area contributed by atoms with Gasteiger partial charge < -0.3 is 8.37 Å². The second-order valence-corrected chi connectivity index (χ2v) is 6.28. The number of rotatable bonds is 0. The molecule has 1 aliphatic heterocycles. The molecule has 0 atom stereocenters. The maximum atomic E-state index is 11.5. The van der Waals surface area contributed by atoms with Gasteiger partial charge in [0.1, 0.15) is 0 Å². The lowest BCUT2D eigenvalue weighted by Crippen LogP contribution is -2.08. The summed E-state index contributed by atoms with van der Waals surface area (Å²) in [5.41, 5.74) is 0. The third-order valence-electron chi connectivity index (χ3n) is 3.94. The average Bonchev–Trinajstić information content (AvgIpc) is 2.78. The van der Waals surface area contributed by atoms with Crippen LogP contribution >= 0.6 is 0 Å². The molecule has 21 heavy (non-hydrogen) atoms. The third-order valence-corrected chi connectivity index (χ3v) is 4.70. The first-order valence-corrected chi connectivity index (χ1v) is 7.80. The van der Waals surface area contributed by atoms with E-state index in [1.807, 2.05) is 42.5 Å². The van der Waals surface area contributed by atoms with Gasteiger partial charge in [-0.3, -0.25) is 0 Å². The van der Waals surface area contributed by atoms with E-state index in [1.165, 1.54) is 0 Å². The van der Waals surface area contributed by atoms with Gasteiger partial charge in [-0.15, -0.1) is 8.42 Å². The van der Waals surface area contributed by atoms with Crippen molar-refractivity contribution in [2.75, 3.05) is 0 Å². The maximum Gasteiger partial charge on any atom is 0.501 e. The van der Waals surface area contributed by atoms with Crippen LogP contribution in [-0.4, -0.2) is 8.42 Å². The summed E-state index contributed by atoms with van der Waals surface area (Å²) < 4.78 is 33.0. The summed E-state index contributed by atoms with van der Waals surface area (Å²) in [5.74, 6) is 0.529. The molecule has 102 valence electrons. The Morgan fingerprint density at radius 3 is 2.29 bits per heavy atom. The van der Waals surface area contributed by atoms with E-state index >= 15 is 0 Å². The highest BCUT2D eigenvalue weighted by Crippen LogP contribution is 2.47. The summed E-state index contributed by atoms with van der Waals surface area (Å²) in [5, 5.41) is 6.05. The average molecular weight is 296 g/mol. The van der Waals surface area contributed by atoms with Crippen LogP contribution in [0.15, 0.2) is 48.5 Å². The molecule has 0 bridgehead atoms. The molecule has 0 N–H and O–H groups in total. The molecule has 1 heterocycles. The van der Waals surface area contributed by atoms with Crippen molar-refractivity contribution in [2.45, 2.75) is 0 Å². The zero-order valence-corrected chi connectivity index (χ0v) is 11.5. The minimum atomic E-state index is -3.98. The van der Waals surface area contributed by atoms with E-state index in [0.717, 1.165) is 32.3 Å². The van der Waals surface area contributed by atoms with Gasteiger partial charge in [0, 0.05) is 10.8 Å². The number of hydrogen-bond donors (Lipinski definition) is 0. The molecular weight excluding hydrogens is 288 g/mol. The maximum absolute atomic E-state index is 11.5. The van der Waals surface area contributed by atoms with Gasteiger partial charge in [-0.05, 0) is 33.7 Å². The minimum Gasteiger partial charge on any atom is -0.349 e. The fraction of sp³-hybridized carbons (Fsp3) is 0. The van der Waals surface area contributed by atoms with Gasteiger partial charge in [-0.2, -0.15) is 0 Å². The normalized spacial score (nSPS) is 16.2. The van der Waals surface area contributed by atoms with E-state index in [9.17, 15) is 8.42 Å². The van der Waals surface area contributed by atoms with Gasteiger partial charge in [0.2, 0.25) is 0 Å². The van der Waals surface area contributed by atoms with Crippen molar-refractivity contribution in [1.82, 2.24) is 0 Å². The lowest BCUT2D eigenvalue weighted by atomic mass is 9.94. The summed E-state index contributed by atoms with van der Waals surface area (Å²) in [6.07, 6.45) is 0. The van der Waals surface area contributed by atoms with Crippen LogP contribution in [0.5, 0.6) is 11.5 Å². The zero-order chi connectivity index (χ0) is 14.2. The zero-order valence-electron chi connectivity index (χ0n) is 10.7. The summed E-state index contributed by atoms with van der Waals surface area (Å²) in [7, 11) is -3.98. The first-order chi connectivity index (χ1) is 10.1. The molecule has 0 aliphatic carbocycles. The second kappa shape index (κ2) is 3.38. The van der Waals surface area contributed by atoms with Crippen molar-refractivity contribution in [3.63, 3.8) is 0 Å². The van der Waals surface area contributed by atoms with E-state index in [4.69, 9.17) is 8.37 Å². The number of hydrogen-bond acceptors (Lipinski definition) is 4. The highest BCUT2D eigenvalue weighted by Gasteiger charge is 2.31. The Bertz CT molecular complexity index is 1130. The third kappa shape index (κ3) is 1.36. The van der Waals surface area contributed by atoms with Crippen molar-refractivity contribution in [2.24, 2.45) is 0 Å². The van der Waals surface area contributed by atoms with Crippen LogP contribution in [0.25, 0.3) is 32.3 Å². The van der Waals surface area contributed by atoms with Crippen LogP contribution in [-0.2, 0) is 10.4 Å². The van der Waals surface area contributed by atoms with Gasteiger partial charge in [0.25, 0.3) is 0 Å². The van der Waals surface area contributed by atoms with Crippen molar-refractivity contribution < 1.29 is 16.8 Å². The van der Waals surface area contributed by atoms with Gasteiger partial charge in [0.15, 0.2) is 11.5 Å². The molecule has 4 aromatic rings. The van der Waals surface area contributed by atoms with Crippen molar-refractivity contribution in [3.05, 3.63) is 48.5 Å². The lowest BCUT2D eigenvalue weighted by Gasteiger charge is -2.11. The molecule has 0 radical (unpaired) electrons. The first kappa shape index (κ1) is 11.2. The van der Waals surface area contributed by atoms with Gasteiger partial charge in [0.05, 0.1) is 0 Å². The Balaban J connectivity index is 2.09. The smallest absolute Gasteiger partial charge is 0.349 e. The predicted octanol–water partition coefficient (Wildman–Crippen LogP) is 3.60. The monoisotopic (exact) mass is 296 g/mol. The molecule has 1 aliphatic rings. The van der Waals surface area contributed by atoms with E-state index in [0.29, 0.717) is 0 Å². The van der Waals surface area contributed by atoms with E-state index in [1.54, 1.807) is 6.07 Å². The summed E-state index contributed by atoms with van der Waals surface area (Å²) >= 11 is 0. The van der Waals surface area contributed by atoms with Crippen LogP contribution < -0.4 is 8.37 Å². The quantitative estimate of drug-likeness (QED) is 0.465.